The van der Waals surface area contributed by atoms with E-state index in [-0.39, 0.29) is 0 Å². The summed E-state index contributed by atoms with van der Waals surface area (Å²) >= 11 is 1.64. The first kappa shape index (κ1) is 9.06. The van der Waals surface area contributed by atoms with Gasteiger partial charge in [-0.2, -0.15) is 0 Å². The number of nitrogens with one attached hydrogen (secondary N) is 1. The van der Waals surface area contributed by atoms with E-state index in [1.54, 1.807) is 11.3 Å². The van der Waals surface area contributed by atoms with Crippen molar-refractivity contribution in [2.24, 2.45) is 5.73 Å². The van der Waals surface area contributed by atoms with E-state index in [0.717, 1.165) is 22.2 Å². The van der Waals surface area contributed by atoms with Gasteiger partial charge in [-0.3, -0.25) is 0 Å². The molecule has 0 spiro atoms. The van der Waals surface area contributed by atoms with Crippen LogP contribution in [0.2, 0.25) is 0 Å². The van der Waals surface area contributed by atoms with E-state index in [2.05, 4.69) is 10.3 Å². The van der Waals surface area contributed by atoms with Crippen molar-refractivity contribution in [3.63, 3.8) is 0 Å². The standard InChI is InChI=1S/C8H13N3S/c1-3-10-8-7(4-5-9)12-6(2)11-8/h4-5,10H,3,9H2,1-2H3/b5-4-. The lowest BCUT2D eigenvalue weighted by Crippen LogP contribution is -1.97. The van der Waals surface area contributed by atoms with Gasteiger partial charge >= 0.3 is 0 Å². The van der Waals surface area contributed by atoms with E-state index in [0.29, 0.717) is 0 Å². The molecule has 1 aromatic heterocycles. The van der Waals surface area contributed by atoms with Crippen molar-refractivity contribution < 1.29 is 0 Å². The normalized spacial score (nSPS) is 10.8. The minimum Gasteiger partial charge on any atom is -0.405 e. The Morgan fingerprint density at radius 1 is 1.67 bits per heavy atom. The van der Waals surface area contributed by atoms with E-state index in [1.165, 1.54) is 6.20 Å². The molecule has 1 heterocycles. The summed E-state index contributed by atoms with van der Waals surface area (Å²) in [5.41, 5.74) is 5.31. The summed E-state index contributed by atoms with van der Waals surface area (Å²) in [4.78, 5) is 5.41. The lowest BCUT2D eigenvalue weighted by atomic mass is 10.4. The maximum atomic E-state index is 5.31. The van der Waals surface area contributed by atoms with Crippen molar-refractivity contribution in [2.75, 3.05) is 11.9 Å². The maximum Gasteiger partial charge on any atom is 0.144 e. The van der Waals surface area contributed by atoms with Crippen LogP contribution >= 0.6 is 11.3 Å². The number of nitrogens with two attached hydrogens (primary N) is 1. The van der Waals surface area contributed by atoms with E-state index in [1.807, 2.05) is 19.9 Å². The monoisotopic (exact) mass is 183 g/mol. The Morgan fingerprint density at radius 2 is 2.42 bits per heavy atom. The van der Waals surface area contributed by atoms with Gasteiger partial charge < -0.3 is 11.1 Å². The molecule has 1 rings (SSSR count). The van der Waals surface area contributed by atoms with E-state index >= 15 is 0 Å². The first-order valence-electron chi connectivity index (χ1n) is 3.87. The number of anilines is 1. The van der Waals surface area contributed by atoms with Crippen molar-refractivity contribution in [3.05, 3.63) is 16.1 Å². The highest BCUT2D eigenvalue weighted by Gasteiger charge is 2.03. The molecule has 0 aliphatic rings. The second kappa shape index (κ2) is 4.11. The van der Waals surface area contributed by atoms with Crippen LogP contribution in [0.1, 0.15) is 16.8 Å². The van der Waals surface area contributed by atoms with Crippen LogP contribution in [0.5, 0.6) is 0 Å². The summed E-state index contributed by atoms with van der Waals surface area (Å²) in [6.07, 6.45) is 3.40. The van der Waals surface area contributed by atoms with E-state index in [9.17, 15) is 0 Å². The van der Waals surface area contributed by atoms with Gasteiger partial charge in [0.25, 0.3) is 0 Å². The molecule has 12 heavy (non-hydrogen) atoms. The van der Waals surface area contributed by atoms with Crippen LogP contribution in [-0.4, -0.2) is 11.5 Å². The predicted octanol–water partition coefficient (Wildman–Crippen LogP) is 1.81. The quantitative estimate of drug-likeness (QED) is 0.751. The van der Waals surface area contributed by atoms with Crippen LogP contribution in [0, 0.1) is 6.92 Å². The van der Waals surface area contributed by atoms with Gasteiger partial charge in [0.15, 0.2) is 0 Å². The Hall–Kier alpha value is -1.03. The highest BCUT2D eigenvalue weighted by atomic mass is 32.1. The zero-order valence-corrected chi connectivity index (χ0v) is 8.11. The van der Waals surface area contributed by atoms with Gasteiger partial charge in [0.05, 0.1) is 9.88 Å². The lowest BCUT2D eigenvalue weighted by Gasteiger charge is -1.97. The largest absolute Gasteiger partial charge is 0.405 e. The van der Waals surface area contributed by atoms with Crippen molar-refractivity contribution in [1.29, 1.82) is 0 Å². The van der Waals surface area contributed by atoms with Crippen LogP contribution < -0.4 is 11.1 Å². The molecule has 0 bridgehead atoms. The zero-order valence-electron chi connectivity index (χ0n) is 7.29. The molecule has 0 amide bonds. The number of aromatic nitrogens is 1. The smallest absolute Gasteiger partial charge is 0.144 e. The Bertz CT molecular complexity index is 278. The van der Waals surface area contributed by atoms with E-state index < -0.39 is 0 Å². The summed E-state index contributed by atoms with van der Waals surface area (Å²) in [5, 5.41) is 4.23. The number of rotatable bonds is 3. The first-order valence-corrected chi connectivity index (χ1v) is 4.69. The van der Waals surface area contributed by atoms with Crippen molar-refractivity contribution in [3.8, 4) is 0 Å². The number of nitrogens with zero attached hydrogens (tertiary/aromatic N) is 1. The molecule has 3 N–H and O–H groups in total. The molecule has 0 unspecified atom stereocenters. The second-order valence-corrected chi connectivity index (χ2v) is 3.57. The fourth-order valence-corrected chi connectivity index (χ4v) is 1.75. The van der Waals surface area contributed by atoms with Gasteiger partial charge in [-0.05, 0) is 26.1 Å². The Balaban J connectivity index is 2.91. The second-order valence-electron chi connectivity index (χ2n) is 2.34. The van der Waals surface area contributed by atoms with E-state index in [4.69, 9.17) is 5.73 Å². The molecular formula is C8H13N3S. The summed E-state index contributed by atoms with van der Waals surface area (Å²) < 4.78 is 0. The van der Waals surface area contributed by atoms with Gasteiger partial charge in [-0.1, -0.05) is 0 Å². The van der Waals surface area contributed by atoms with Crippen molar-refractivity contribution in [2.45, 2.75) is 13.8 Å². The third-order valence-corrected chi connectivity index (χ3v) is 2.29. The van der Waals surface area contributed by atoms with Crippen LogP contribution in [0.3, 0.4) is 0 Å². The predicted molar refractivity (Wildman–Crippen MR) is 54.2 cm³/mol. The third kappa shape index (κ3) is 1.98. The minimum atomic E-state index is 0.884. The fraction of sp³-hybridized carbons (Fsp3) is 0.375. The zero-order chi connectivity index (χ0) is 8.97. The molecule has 0 saturated carbocycles. The Kier molecular flexibility index (Phi) is 3.10. The molecule has 3 nitrogen and oxygen atoms in total. The molecular weight excluding hydrogens is 170 g/mol. The molecule has 0 radical (unpaired) electrons. The van der Waals surface area contributed by atoms with Gasteiger partial charge in [0.1, 0.15) is 5.82 Å². The highest BCUT2D eigenvalue weighted by Crippen LogP contribution is 2.23. The molecule has 0 fully saturated rings. The van der Waals surface area contributed by atoms with Crippen LogP contribution in [0.15, 0.2) is 6.20 Å². The summed E-state index contributed by atoms with van der Waals surface area (Å²) in [5.74, 6) is 0.932. The van der Waals surface area contributed by atoms with Gasteiger partial charge in [0, 0.05) is 6.54 Å². The molecule has 0 aromatic carbocycles. The summed E-state index contributed by atoms with van der Waals surface area (Å²) in [6.45, 7) is 4.92. The van der Waals surface area contributed by atoms with Crippen LogP contribution in [-0.2, 0) is 0 Å². The number of hydrogen-bond acceptors (Lipinski definition) is 4. The average Bonchev–Trinajstić information content (AvgIpc) is 2.33. The molecule has 4 heteroatoms. The van der Waals surface area contributed by atoms with Crippen molar-refractivity contribution >= 4 is 23.2 Å². The molecule has 66 valence electrons. The molecule has 0 aliphatic carbocycles. The van der Waals surface area contributed by atoms with Crippen LogP contribution in [0.4, 0.5) is 5.82 Å². The number of aryl methyl sites for hydroxylation is 1. The fourth-order valence-electron chi connectivity index (χ4n) is 0.937. The minimum absolute atomic E-state index is 0.884. The van der Waals surface area contributed by atoms with Crippen LogP contribution in [0.25, 0.3) is 6.08 Å². The highest BCUT2D eigenvalue weighted by molar-refractivity contribution is 7.13. The summed E-state index contributed by atoms with van der Waals surface area (Å²) in [7, 11) is 0. The van der Waals surface area contributed by atoms with Gasteiger partial charge in [-0.25, -0.2) is 4.98 Å². The van der Waals surface area contributed by atoms with Gasteiger partial charge in [-0.15, -0.1) is 11.3 Å². The number of thiazole rings is 1. The Morgan fingerprint density at radius 3 is 3.00 bits per heavy atom. The Labute approximate surface area is 76.3 Å². The lowest BCUT2D eigenvalue weighted by molar-refractivity contribution is 1.16. The topological polar surface area (TPSA) is 50.9 Å². The average molecular weight is 183 g/mol. The molecule has 1 aromatic rings. The van der Waals surface area contributed by atoms with Crippen molar-refractivity contribution in [1.82, 2.24) is 4.98 Å². The third-order valence-electron chi connectivity index (χ3n) is 1.35. The number of hydrogen-bond donors (Lipinski definition) is 2. The SMILES string of the molecule is CCNc1nc(C)sc1/C=C\N. The molecule has 0 saturated heterocycles. The molecule has 0 atom stereocenters. The molecule has 0 aliphatic heterocycles. The maximum absolute atomic E-state index is 5.31. The van der Waals surface area contributed by atoms with Gasteiger partial charge in [0.2, 0.25) is 0 Å². The summed E-state index contributed by atoms with van der Waals surface area (Å²) in [6, 6.07) is 0. The first-order chi connectivity index (χ1) is 5.77.